The summed E-state index contributed by atoms with van der Waals surface area (Å²) in [6.07, 6.45) is 1.06. The van der Waals surface area contributed by atoms with Crippen molar-refractivity contribution in [1.82, 2.24) is 0 Å². The van der Waals surface area contributed by atoms with Crippen LogP contribution in [0.5, 0.6) is 17.2 Å². The van der Waals surface area contributed by atoms with E-state index in [1.807, 2.05) is 13.8 Å². The van der Waals surface area contributed by atoms with Crippen LogP contribution in [0.2, 0.25) is 0 Å². The minimum Gasteiger partial charge on any atom is -0.507 e. The van der Waals surface area contributed by atoms with Gasteiger partial charge in [0.25, 0.3) is 0 Å². The summed E-state index contributed by atoms with van der Waals surface area (Å²) in [7, 11) is 1.49. The smallest absolute Gasteiger partial charge is 0.167 e. The van der Waals surface area contributed by atoms with Gasteiger partial charge >= 0.3 is 0 Å². The highest BCUT2D eigenvalue weighted by molar-refractivity contribution is 6.01. The Hall–Kier alpha value is -1.71. The van der Waals surface area contributed by atoms with Crippen molar-refractivity contribution in [2.45, 2.75) is 33.6 Å². The van der Waals surface area contributed by atoms with E-state index >= 15 is 0 Å². The zero-order valence-corrected chi connectivity index (χ0v) is 10.6. The normalized spacial score (nSPS) is 10.4. The number of phenolic OH excluding ortho intramolecular Hbond substituents is 2. The number of ether oxygens (including phenoxy) is 1. The largest absolute Gasteiger partial charge is 0.507 e. The zero-order chi connectivity index (χ0) is 13.2. The average molecular weight is 238 g/mol. The van der Waals surface area contributed by atoms with Crippen LogP contribution in [0, 0.1) is 0 Å². The molecule has 0 heterocycles. The Kier molecular flexibility index (Phi) is 3.99. The predicted octanol–water partition coefficient (Wildman–Crippen LogP) is 2.43. The van der Waals surface area contributed by atoms with Crippen LogP contribution in [-0.2, 0) is 12.8 Å². The monoisotopic (exact) mass is 238 g/mol. The lowest BCUT2D eigenvalue weighted by molar-refractivity contribution is 0.101. The number of methoxy groups -OCH3 is 1. The molecule has 1 aromatic carbocycles. The maximum Gasteiger partial charge on any atom is 0.167 e. The summed E-state index contributed by atoms with van der Waals surface area (Å²) in [5.41, 5.74) is 1.11. The second-order valence-corrected chi connectivity index (χ2v) is 3.83. The Morgan fingerprint density at radius 2 is 1.53 bits per heavy atom. The lowest BCUT2D eigenvalue weighted by atomic mass is 9.95. The molecule has 1 rings (SSSR count). The molecule has 0 saturated carbocycles. The molecule has 0 aliphatic heterocycles. The van der Waals surface area contributed by atoms with Crippen LogP contribution < -0.4 is 4.74 Å². The molecule has 0 spiro atoms. The average Bonchev–Trinajstić information content (AvgIpc) is 2.27. The number of carbonyl (C=O) groups excluding carboxylic acids is 1. The lowest BCUT2D eigenvalue weighted by Crippen LogP contribution is -2.04. The molecule has 4 nitrogen and oxygen atoms in total. The number of ketones is 1. The van der Waals surface area contributed by atoms with Gasteiger partial charge in [0.1, 0.15) is 22.8 Å². The van der Waals surface area contributed by atoms with E-state index in [1.165, 1.54) is 14.0 Å². The summed E-state index contributed by atoms with van der Waals surface area (Å²) in [4.78, 5) is 11.5. The first-order chi connectivity index (χ1) is 7.99. The molecule has 0 aromatic heterocycles. The first-order valence-corrected chi connectivity index (χ1v) is 5.64. The van der Waals surface area contributed by atoms with Gasteiger partial charge in [0.15, 0.2) is 5.78 Å². The third kappa shape index (κ3) is 2.07. The van der Waals surface area contributed by atoms with Crippen LogP contribution in [0.1, 0.15) is 42.3 Å². The van der Waals surface area contributed by atoms with Crippen molar-refractivity contribution in [1.29, 1.82) is 0 Å². The number of hydrogen-bond acceptors (Lipinski definition) is 4. The highest BCUT2D eigenvalue weighted by Gasteiger charge is 2.24. The van der Waals surface area contributed by atoms with Gasteiger partial charge in [0, 0.05) is 11.1 Å². The van der Waals surface area contributed by atoms with Crippen LogP contribution in [0.3, 0.4) is 0 Å². The summed E-state index contributed by atoms with van der Waals surface area (Å²) in [5, 5.41) is 20.0. The van der Waals surface area contributed by atoms with Gasteiger partial charge in [-0.05, 0) is 19.8 Å². The first-order valence-electron chi connectivity index (χ1n) is 5.64. The van der Waals surface area contributed by atoms with Gasteiger partial charge < -0.3 is 14.9 Å². The molecule has 1 aromatic rings. The summed E-state index contributed by atoms with van der Waals surface area (Å²) < 4.78 is 5.22. The highest BCUT2D eigenvalue weighted by Crippen LogP contribution is 2.43. The molecule has 0 radical (unpaired) electrons. The van der Waals surface area contributed by atoms with Crippen LogP contribution in [0.25, 0.3) is 0 Å². The number of rotatable bonds is 4. The van der Waals surface area contributed by atoms with E-state index in [4.69, 9.17) is 4.74 Å². The molecule has 2 N–H and O–H groups in total. The second-order valence-electron chi connectivity index (χ2n) is 3.83. The Morgan fingerprint density at radius 3 is 1.76 bits per heavy atom. The quantitative estimate of drug-likeness (QED) is 0.790. The van der Waals surface area contributed by atoms with Gasteiger partial charge in [0.05, 0.1) is 7.11 Å². The fraction of sp³-hybridized carbons (Fsp3) is 0.462. The topological polar surface area (TPSA) is 66.8 Å². The zero-order valence-electron chi connectivity index (χ0n) is 10.6. The molecule has 0 fully saturated rings. The van der Waals surface area contributed by atoms with E-state index in [9.17, 15) is 15.0 Å². The molecule has 17 heavy (non-hydrogen) atoms. The molecule has 4 heteroatoms. The molecule has 0 aliphatic rings. The Balaban J connectivity index is 3.73. The van der Waals surface area contributed by atoms with E-state index in [0.29, 0.717) is 29.7 Å². The molecule has 0 bridgehead atoms. The molecule has 0 amide bonds. The fourth-order valence-corrected chi connectivity index (χ4v) is 2.05. The summed E-state index contributed by atoms with van der Waals surface area (Å²) in [6.45, 7) is 5.04. The molecular formula is C13H18O4. The number of benzene rings is 1. The van der Waals surface area contributed by atoms with E-state index in [1.54, 1.807) is 0 Å². The van der Waals surface area contributed by atoms with Crippen LogP contribution >= 0.6 is 0 Å². The van der Waals surface area contributed by atoms with Gasteiger partial charge in [-0.1, -0.05) is 13.8 Å². The minimum atomic E-state index is -0.355. The molecule has 0 atom stereocenters. The van der Waals surface area contributed by atoms with Crippen molar-refractivity contribution in [3.05, 3.63) is 16.7 Å². The molecule has 0 aliphatic carbocycles. The van der Waals surface area contributed by atoms with Crippen molar-refractivity contribution in [3.63, 3.8) is 0 Å². The number of carbonyl (C=O) groups is 1. The fourth-order valence-electron chi connectivity index (χ4n) is 2.05. The van der Waals surface area contributed by atoms with E-state index in [2.05, 4.69) is 0 Å². The Morgan fingerprint density at radius 1 is 1.12 bits per heavy atom. The Labute approximate surface area is 101 Å². The third-order valence-electron chi connectivity index (χ3n) is 2.86. The number of Topliss-reactive ketones (excluding diaryl/α,β-unsaturated/α-hetero) is 1. The number of aromatic hydroxyl groups is 2. The number of phenols is 2. The standard InChI is InChI=1S/C13H18O4/c1-5-8-11(15)10(7(3)14)12(16)9(6-2)13(8)17-4/h15-16H,5-6H2,1-4H3. The van der Waals surface area contributed by atoms with Crippen molar-refractivity contribution in [3.8, 4) is 17.2 Å². The van der Waals surface area contributed by atoms with Gasteiger partial charge in [-0.25, -0.2) is 0 Å². The van der Waals surface area contributed by atoms with Crippen LogP contribution in [0.15, 0.2) is 0 Å². The second kappa shape index (κ2) is 5.08. The van der Waals surface area contributed by atoms with Crippen molar-refractivity contribution >= 4 is 5.78 Å². The molecule has 0 unspecified atom stereocenters. The lowest BCUT2D eigenvalue weighted by Gasteiger charge is -2.18. The minimum absolute atomic E-state index is 0.0144. The van der Waals surface area contributed by atoms with Crippen molar-refractivity contribution in [2.24, 2.45) is 0 Å². The van der Waals surface area contributed by atoms with Gasteiger partial charge in [-0.3, -0.25) is 4.79 Å². The maximum absolute atomic E-state index is 11.5. The summed E-state index contributed by atoms with van der Waals surface area (Å²) in [5.74, 6) is -0.236. The van der Waals surface area contributed by atoms with E-state index < -0.39 is 0 Å². The molecule has 94 valence electrons. The van der Waals surface area contributed by atoms with E-state index in [-0.39, 0.29) is 22.8 Å². The number of hydrogen-bond donors (Lipinski definition) is 2. The maximum atomic E-state index is 11.5. The Bertz CT molecular complexity index is 418. The van der Waals surface area contributed by atoms with Crippen LogP contribution in [-0.4, -0.2) is 23.1 Å². The van der Waals surface area contributed by atoms with Crippen molar-refractivity contribution < 1.29 is 19.7 Å². The van der Waals surface area contributed by atoms with E-state index in [0.717, 1.165) is 0 Å². The van der Waals surface area contributed by atoms with Gasteiger partial charge in [-0.15, -0.1) is 0 Å². The van der Waals surface area contributed by atoms with Gasteiger partial charge in [0.2, 0.25) is 0 Å². The predicted molar refractivity (Wildman–Crippen MR) is 65.1 cm³/mol. The summed E-state index contributed by atoms with van der Waals surface area (Å²) in [6, 6.07) is 0. The first kappa shape index (κ1) is 13.4. The molecule has 0 saturated heterocycles. The SMILES string of the molecule is CCc1c(O)c(C(C)=O)c(O)c(CC)c1OC. The van der Waals surface area contributed by atoms with Crippen molar-refractivity contribution in [2.75, 3.05) is 7.11 Å². The highest BCUT2D eigenvalue weighted by atomic mass is 16.5. The van der Waals surface area contributed by atoms with Gasteiger partial charge in [-0.2, -0.15) is 0 Å². The molecular weight excluding hydrogens is 220 g/mol. The summed E-state index contributed by atoms with van der Waals surface area (Å²) >= 11 is 0. The van der Waals surface area contributed by atoms with Crippen LogP contribution in [0.4, 0.5) is 0 Å². The third-order valence-corrected chi connectivity index (χ3v) is 2.86.